The van der Waals surface area contributed by atoms with Gasteiger partial charge in [-0.1, -0.05) is 13.8 Å². The third-order valence-corrected chi connectivity index (χ3v) is 3.34. The number of morpholine rings is 1. The van der Waals surface area contributed by atoms with Crippen LogP contribution in [-0.2, 0) is 4.74 Å². The molecule has 1 heterocycles. The van der Waals surface area contributed by atoms with Gasteiger partial charge >= 0.3 is 0 Å². The molecule has 1 aliphatic heterocycles. The van der Waals surface area contributed by atoms with Gasteiger partial charge in [-0.15, -0.1) is 24.0 Å². The first-order valence-electron chi connectivity index (χ1n) is 7.83. The lowest BCUT2D eigenvalue weighted by atomic mass is 10.2. The van der Waals surface area contributed by atoms with Crippen LogP contribution in [0.4, 0.5) is 0 Å². The van der Waals surface area contributed by atoms with Crippen molar-refractivity contribution in [3.8, 4) is 0 Å². The lowest BCUT2D eigenvalue weighted by Gasteiger charge is -2.35. The first-order valence-corrected chi connectivity index (χ1v) is 7.83. The Bertz CT molecular complexity index is 289. The van der Waals surface area contributed by atoms with E-state index < -0.39 is 0 Å². The molecule has 1 saturated heterocycles. The SMILES string of the molecule is CN=C(NCCCN1CC(C)OC(C)C1)NCC(C)C.I. The predicted octanol–water partition coefficient (Wildman–Crippen LogP) is 1.92. The van der Waals surface area contributed by atoms with E-state index in [2.05, 4.69) is 48.2 Å². The molecule has 0 radical (unpaired) electrons. The number of halogens is 1. The number of nitrogens with one attached hydrogen (secondary N) is 2. The Morgan fingerprint density at radius 1 is 1.24 bits per heavy atom. The molecule has 5 nitrogen and oxygen atoms in total. The minimum Gasteiger partial charge on any atom is -0.373 e. The molecule has 0 spiro atoms. The standard InChI is InChI=1S/C15H32N4O.HI/c1-12(2)9-18-15(16-5)17-7-6-8-19-10-13(3)20-14(4)11-19;/h12-14H,6-11H2,1-5H3,(H2,16,17,18);1H. The zero-order valence-electron chi connectivity index (χ0n) is 14.2. The lowest BCUT2D eigenvalue weighted by molar-refractivity contribution is -0.0679. The number of guanidine groups is 1. The van der Waals surface area contributed by atoms with Crippen molar-refractivity contribution in [3.63, 3.8) is 0 Å². The van der Waals surface area contributed by atoms with E-state index in [1.165, 1.54) is 0 Å². The topological polar surface area (TPSA) is 48.9 Å². The van der Waals surface area contributed by atoms with Crippen LogP contribution < -0.4 is 10.6 Å². The molecular weight excluding hydrogens is 379 g/mol. The van der Waals surface area contributed by atoms with E-state index in [0.717, 1.165) is 45.1 Å². The van der Waals surface area contributed by atoms with Crippen LogP contribution in [0.5, 0.6) is 0 Å². The highest BCUT2D eigenvalue weighted by molar-refractivity contribution is 14.0. The highest BCUT2D eigenvalue weighted by atomic mass is 127. The Kier molecular flexibility index (Phi) is 11.4. The minimum atomic E-state index is 0. The Balaban J connectivity index is 0.00000400. The van der Waals surface area contributed by atoms with Gasteiger partial charge in [-0.2, -0.15) is 0 Å². The molecule has 0 aromatic carbocycles. The van der Waals surface area contributed by atoms with Crippen LogP contribution in [0.15, 0.2) is 4.99 Å². The molecule has 0 aromatic heterocycles. The zero-order chi connectivity index (χ0) is 15.0. The summed E-state index contributed by atoms with van der Waals surface area (Å²) in [4.78, 5) is 6.72. The Hall–Kier alpha value is -0.0800. The molecule has 1 fully saturated rings. The zero-order valence-corrected chi connectivity index (χ0v) is 16.5. The molecule has 6 heteroatoms. The maximum absolute atomic E-state index is 5.75. The van der Waals surface area contributed by atoms with Gasteiger partial charge in [0.1, 0.15) is 0 Å². The van der Waals surface area contributed by atoms with E-state index in [9.17, 15) is 0 Å². The third kappa shape index (κ3) is 9.52. The van der Waals surface area contributed by atoms with Gasteiger partial charge in [-0.25, -0.2) is 0 Å². The Morgan fingerprint density at radius 2 is 1.86 bits per heavy atom. The second-order valence-electron chi connectivity index (χ2n) is 6.14. The van der Waals surface area contributed by atoms with Gasteiger partial charge in [0.05, 0.1) is 12.2 Å². The van der Waals surface area contributed by atoms with E-state index in [-0.39, 0.29) is 24.0 Å². The van der Waals surface area contributed by atoms with Gasteiger partial charge < -0.3 is 15.4 Å². The first kappa shape index (κ1) is 20.9. The van der Waals surface area contributed by atoms with E-state index >= 15 is 0 Å². The molecule has 126 valence electrons. The maximum atomic E-state index is 5.75. The maximum Gasteiger partial charge on any atom is 0.190 e. The van der Waals surface area contributed by atoms with Crippen molar-refractivity contribution in [1.29, 1.82) is 0 Å². The summed E-state index contributed by atoms with van der Waals surface area (Å²) in [5.74, 6) is 1.53. The molecule has 21 heavy (non-hydrogen) atoms. The molecule has 1 rings (SSSR count). The highest BCUT2D eigenvalue weighted by Crippen LogP contribution is 2.10. The summed E-state index contributed by atoms with van der Waals surface area (Å²) in [6, 6.07) is 0. The molecule has 2 unspecified atom stereocenters. The van der Waals surface area contributed by atoms with E-state index in [1.807, 2.05) is 7.05 Å². The summed E-state index contributed by atoms with van der Waals surface area (Å²) in [7, 11) is 1.82. The monoisotopic (exact) mass is 412 g/mol. The summed E-state index contributed by atoms with van der Waals surface area (Å²) in [5.41, 5.74) is 0. The number of nitrogens with zero attached hydrogens (tertiary/aromatic N) is 2. The summed E-state index contributed by atoms with van der Waals surface area (Å²) in [5, 5.41) is 6.69. The Morgan fingerprint density at radius 3 is 2.38 bits per heavy atom. The predicted molar refractivity (Wildman–Crippen MR) is 101 cm³/mol. The van der Waals surface area contributed by atoms with Crippen LogP contribution in [0.2, 0.25) is 0 Å². The van der Waals surface area contributed by atoms with Crippen molar-refractivity contribution >= 4 is 29.9 Å². The van der Waals surface area contributed by atoms with Crippen molar-refractivity contribution < 1.29 is 4.74 Å². The number of hydrogen-bond donors (Lipinski definition) is 2. The van der Waals surface area contributed by atoms with Gasteiger partial charge in [0.2, 0.25) is 0 Å². The number of hydrogen-bond acceptors (Lipinski definition) is 3. The number of rotatable bonds is 6. The van der Waals surface area contributed by atoms with Crippen LogP contribution in [0.25, 0.3) is 0 Å². The van der Waals surface area contributed by atoms with E-state index in [4.69, 9.17) is 4.74 Å². The molecule has 1 aliphatic rings. The van der Waals surface area contributed by atoms with Gasteiger partial charge in [0, 0.05) is 39.8 Å². The van der Waals surface area contributed by atoms with Gasteiger partial charge in [-0.3, -0.25) is 9.89 Å². The van der Waals surface area contributed by atoms with Crippen molar-refractivity contribution in [2.75, 3.05) is 39.8 Å². The van der Waals surface area contributed by atoms with Crippen molar-refractivity contribution in [3.05, 3.63) is 0 Å². The molecule has 2 atom stereocenters. The quantitative estimate of drug-likeness (QED) is 0.303. The van der Waals surface area contributed by atoms with Crippen molar-refractivity contribution in [1.82, 2.24) is 15.5 Å². The number of aliphatic imine (C=N–C) groups is 1. The minimum absolute atomic E-state index is 0. The number of ether oxygens (including phenoxy) is 1. The lowest BCUT2D eigenvalue weighted by Crippen LogP contribution is -2.46. The molecular formula is C15H33IN4O. The smallest absolute Gasteiger partial charge is 0.190 e. The van der Waals surface area contributed by atoms with E-state index in [1.54, 1.807) is 0 Å². The average molecular weight is 412 g/mol. The van der Waals surface area contributed by atoms with Crippen molar-refractivity contribution in [2.45, 2.75) is 46.3 Å². The van der Waals surface area contributed by atoms with Crippen LogP contribution in [-0.4, -0.2) is 62.8 Å². The summed E-state index contributed by atoms with van der Waals surface area (Å²) in [6.07, 6.45) is 1.83. The van der Waals surface area contributed by atoms with Gasteiger partial charge in [0.15, 0.2) is 5.96 Å². The summed E-state index contributed by atoms with van der Waals surface area (Å²) >= 11 is 0. The molecule has 0 bridgehead atoms. The highest BCUT2D eigenvalue weighted by Gasteiger charge is 2.21. The summed E-state index contributed by atoms with van der Waals surface area (Å²) < 4.78 is 5.75. The average Bonchev–Trinajstić information content (AvgIpc) is 2.36. The fraction of sp³-hybridized carbons (Fsp3) is 0.933. The van der Waals surface area contributed by atoms with Crippen molar-refractivity contribution in [2.24, 2.45) is 10.9 Å². The second kappa shape index (κ2) is 11.5. The van der Waals surface area contributed by atoms with Gasteiger partial charge in [-0.05, 0) is 26.2 Å². The largest absolute Gasteiger partial charge is 0.373 e. The molecule has 0 aromatic rings. The van der Waals surface area contributed by atoms with E-state index in [0.29, 0.717) is 18.1 Å². The molecule has 0 saturated carbocycles. The summed E-state index contributed by atoms with van der Waals surface area (Å²) in [6.45, 7) is 13.8. The van der Waals surface area contributed by atoms with Crippen LogP contribution in [0, 0.1) is 5.92 Å². The fourth-order valence-corrected chi connectivity index (χ4v) is 2.50. The normalized spacial score (nSPS) is 23.8. The Labute approximate surface area is 147 Å². The molecule has 0 aliphatic carbocycles. The fourth-order valence-electron chi connectivity index (χ4n) is 2.50. The molecule has 0 amide bonds. The first-order chi connectivity index (χ1) is 9.51. The van der Waals surface area contributed by atoms with Crippen LogP contribution in [0.3, 0.4) is 0 Å². The van der Waals surface area contributed by atoms with Gasteiger partial charge in [0.25, 0.3) is 0 Å². The van der Waals surface area contributed by atoms with Crippen LogP contribution in [0.1, 0.15) is 34.1 Å². The van der Waals surface area contributed by atoms with Crippen LogP contribution >= 0.6 is 24.0 Å². The second-order valence-corrected chi connectivity index (χ2v) is 6.14. The third-order valence-electron chi connectivity index (χ3n) is 3.34. The molecule has 2 N–H and O–H groups in total.